The van der Waals surface area contributed by atoms with E-state index in [0.29, 0.717) is 5.69 Å². The molecule has 1 N–H and O–H groups in total. The number of nitrogens with zero attached hydrogens (tertiary/aromatic N) is 5. The molecule has 4 aromatic rings. The highest BCUT2D eigenvalue weighted by molar-refractivity contribution is 5.51. The summed E-state index contributed by atoms with van der Waals surface area (Å²) in [6, 6.07) is 19.6. The molecule has 4 rings (SSSR count). The highest BCUT2D eigenvalue weighted by Gasteiger charge is 2.19. The van der Waals surface area contributed by atoms with E-state index in [1.54, 1.807) is 0 Å². The molecule has 0 aliphatic carbocycles. The zero-order valence-corrected chi connectivity index (χ0v) is 16.9. The van der Waals surface area contributed by atoms with Gasteiger partial charge in [0, 0.05) is 24.3 Å². The molecule has 166 valence electrons. The molecule has 0 atom stereocenters. The number of non-ortho nitro benzene ring substituents is 2. The Labute approximate surface area is 184 Å². The second-order valence-electron chi connectivity index (χ2n) is 6.94. The van der Waals surface area contributed by atoms with Gasteiger partial charge in [0.25, 0.3) is 11.4 Å². The van der Waals surface area contributed by atoms with E-state index >= 15 is 0 Å². The van der Waals surface area contributed by atoms with Crippen molar-refractivity contribution in [1.82, 2.24) is 14.5 Å². The Balaban J connectivity index is 1.81. The van der Waals surface area contributed by atoms with E-state index in [1.165, 1.54) is 53.5 Å². The summed E-state index contributed by atoms with van der Waals surface area (Å²) >= 11 is 0. The van der Waals surface area contributed by atoms with Crippen LogP contribution in [0, 0.1) is 20.2 Å². The predicted octanol–water partition coefficient (Wildman–Crippen LogP) is 2.61. The Kier molecular flexibility index (Phi) is 5.55. The van der Waals surface area contributed by atoms with Crippen molar-refractivity contribution in [2.75, 3.05) is 5.01 Å². The number of hydrogen-bond acceptors (Lipinski definition) is 7. The van der Waals surface area contributed by atoms with Gasteiger partial charge in [0.05, 0.1) is 27.8 Å². The number of anilines is 1. The molecule has 12 nitrogen and oxygen atoms in total. The van der Waals surface area contributed by atoms with E-state index in [2.05, 4.69) is 5.10 Å². The van der Waals surface area contributed by atoms with Crippen molar-refractivity contribution in [2.24, 2.45) is 0 Å². The van der Waals surface area contributed by atoms with Crippen molar-refractivity contribution in [3.63, 3.8) is 0 Å². The van der Waals surface area contributed by atoms with Crippen molar-refractivity contribution in [1.29, 1.82) is 0 Å². The zero-order chi connectivity index (χ0) is 23.5. The maximum atomic E-state index is 13.2. The van der Waals surface area contributed by atoms with Gasteiger partial charge in [-0.25, -0.2) is 19.3 Å². The third-order valence-electron chi connectivity index (χ3n) is 4.87. The molecule has 1 heterocycles. The Morgan fingerprint density at radius 3 is 1.88 bits per heavy atom. The summed E-state index contributed by atoms with van der Waals surface area (Å²) in [5.41, 5.74) is -0.428. The molecule has 12 heteroatoms. The average Bonchev–Trinajstić information content (AvgIpc) is 3.11. The highest BCUT2D eigenvalue weighted by Crippen LogP contribution is 2.21. The molecule has 1 aromatic heterocycles. The molecule has 3 aromatic carbocycles. The molecular formula is C21H16N6O6. The van der Waals surface area contributed by atoms with Gasteiger partial charge in [0.2, 0.25) is 0 Å². The monoisotopic (exact) mass is 448 g/mol. The van der Waals surface area contributed by atoms with E-state index in [0.717, 1.165) is 14.9 Å². The second kappa shape index (κ2) is 8.63. The topological polar surface area (TPSA) is 149 Å². The molecule has 0 spiro atoms. The fraction of sp³-hybridized carbons (Fsp3) is 0.0476. The smallest absolute Gasteiger partial charge is 0.258 e. The van der Waals surface area contributed by atoms with Crippen LogP contribution in [0.3, 0.4) is 0 Å². The van der Waals surface area contributed by atoms with Crippen molar-refractivity contribution in [2.45, 2.75) is 6.54 Å². The van der Waals surface area contributed by atoms with E-state index in [1.807, 2.05) is 30.3 Å². The first-order valence-corrected chi connectivity index (χ1v) is 9.60. The standard InChI is InChI=1S/C21H16N6O6/c28-20-22-25(21(29)24(20)17-8-12-19(13-9-17)27(32)33)23(14-15-4-2-1-3-5-15)16-6-10-18(11-7-16)26(30)31/h1-13H,14H2,(H,22,28). The molecule has 33 heavy (non-hydrogen) atoms. The Morgan fingerprint density at radius 1 is 0.788 bits per heavy atom. The summed E-state index contributed by atoms with van der Waals surface area (Å²) in [5, 5.41) is 25.8. The van der Waals surface area contributed by atoms with Crippen LogP contribution in [0.5, 0.6) is 0 Å². The van der Waals surface area contributed by atoms with Crippen LogP contribution in [-0.4, -0.2) is 24.3 Å². The van der Waals surface area contributed by atoms with E-state index < -0.39 is 21.2 Å². The first-order chi connectivity index (χ1) is 15.8. The Hall–Kier alpha value is -5.00. The number of nitro groups is 2. The number of hydrogen-bond donors (Lipinski definition) is 1. The van der Waals surface area contributed by atoms with Gasteiger partial charge in [0.15, 0.2) is 0 Å². The van der Waals surface area contributed by atoms with Crippen LogP contribution in [0.1, 0.15) is 5.56 Å². The molecule has 0 fully saturated rings. The van der Waals surface area contributed by atoms with E-state index in [-0.39, 0.29) is 23.6 Å². The Bertz CT molecular complexity index is 1420. The van der Waals surface area contributed by atoms with Crippen LogP contribution in [0.4, 0.5) is 17.1 Å². The van der Waals surface area contributed by atoms with Gasteiger partial charge in [-0.1, -0.05) is 30.3 Å². The number of aromatic nitrogens is 3. The number of nitrogens with one attached hydrogen (secondary N) is 1. The number of aromatic amines is 1. The van der Waals surface area contributed by atoms with Crippen LogP contribution in [0.15, 0.2) is 88.5 Å². The summed E-state index contributed by atoms with van der Waals surface area (Å²) in [4.78, 5) is 47.6. The van der Waals surface area contributed by atoms with Crippen molar-refractivity contribution in [3.05, 3.63) is 126 Å². The normalized spacial score (nSPS) is 10.7. The van der Waals surface area contributed by atoms with Crippen LogP contribution >= 0.6 is 0 Å². The molecule has 0 unspecified atom stereocenters. The summed E-state index contributed by atoms with van der Waals surface area (Å²) in [6.07, 6.45) is 0. The molecule has 0 bridgehead atoms. The first-order valence-electron chi connectivity index (χ1n) is 9.60. The minimum Gasteiger partial charge on any atom is -0.258 e. The lowest BCUT2D eigenvalue weighted by molar-refractivity contribution is -0.385. The molecule has 0 aliphatic heterocycles. The SMILES string of the molecule is O=c1[nH]n(N(Cc2ccccc2)c2ccc([N+](=O)[O-])cc2)c(=O)n1-c1ccc([N+](=O)[O-])cc1. The number of nitro benzene ring substituents is 2. The average molecular weight is 448 g/mol. The molecule has 0 saturated heterocycles. The fourth-order valence-corrected chi connectivity index (χ4v) is 3.26. The Morgan fingerprint density at radius 2 is 1.33 bits per heavy atom. The lowest BCUT2D eigenvalue weighted by Crippen LogP contribution is -2.39. The second-order valence-corrected chi connectivity index (χ2v) is 6.94. The molecule has 0 amide bonds. The quantitative estimate of drug-likeness (QED) is 0.337. The number of H-pyrrole nitrogens is 1. The van der Waals surface area contributed by atoms with Gasteiger partial charge in [-0.15, -0.1) is 4.79 Å². The van der Waals surface area contributed by atoms with Crippen molar-refractivity contribution in [3.8, 4) is 5.69 Å². The minimum atomic E-state index is -0.756. The number of benzene rings is 3. The third kappa shape index (κ3) is 4.25. The van der Waals surface area contributed by atoms with Gasteiger partial charge in [-0.2, -0.15) is 0 Å². The fourth-order valence-electron chi connectivity index (χ4n) is 3.26. The van der Waals surface area contributed by atoms with Gasteiger partial charge < -0.3 is 0 Å². The van der Waals surface area contributed by atoms with Gasteiger partial charge in [0.1, 0.15) is 0 Å². The van der Waals surface area contributed by atoms with Crippen LogP contribution in [0.2, 0.25) is 0 Å². The lowest BCUT2D eigenvalue weighted by Gasteiger charge is -2.24. The molecule has 0 aliphatic rings. The largest absolute Gasteiger partial charge is 0.371 e. The maximum absolute atomic E-state index is 13.2. The van der Waals surface area contributed by atoms with Gasteiger partial charge >= 0.3 is 11.4 Å². The van der Waals surface area contributed by atoms with Gasteiger partial charge in [-0.05, 0) is 29.8 Å². The lowest BCUT2D eigenvalue weighted by atomic mass is 10.2. The summed E-state index contributed by atoms with van der Waals surface area (Å²) in [7, 11) is 0. The predicted molar refractivity (Wildman–Crippen MR) is 118 cm³/mol. The zero-order valence-electron chi connectivity index (χ0n) is 16.9. The minimum absolute atomic E-state index is 0.122. The third-order valence-corrected chi connectivity index (χ3v) is 4.87. The maximum Gasteiger partial charge on any atom is 0.371 e. The summed E-state index contributed by atoms with van der Waals surface area (Å²) in [5.74, 6) is 0. The molecular weight excluding hydrogens is 432 g/mol. The molecule has 0 saturated carbocycles. The van der Waals surface area contributed by atoms with Crippen LogP contribution in [0.25, 0.3) is 5.69 Å². The van der Waals surface area contributed by atoms with Crippen LogP contribution in [-0.2, 0) is 6.54 Å². The molecule has 0 radical (unpaired) electrons. The van der Waals surface area contributed by atoms with Crippen LogP contribution < -0.4 is 16.4 Å². The number of rotatable bonds is 7. The van der Waals surface area contributed by atoms with Crippen molar-refractivity contribution < 1.29 is 9.85 Å². The summed E-state index contributed by atoms with van der Waals surface area (Å²) < 4.78 is 0.840. The highest BCUT2D eigenvalue weighted by atomic mass is 16.6. The van der Waals surface area contributed by atoms with E-state index in [9.17, 15) is 29.8 Å². The first kappa shape index (κ1) is 21.2. The van der Waals surface area contributed by atoms with Gasteiger partial charge in [-0.3, -0.25) is 25.2 Å². The van der Waals surface area contributed by atoms with Crippen molar-refractivity contribution >= 4 is 17.1 Å². The van der Waals surface area contributed by atoms with E-state index in [4.69, 9.17) is 0 Å². The summed E-state index contributed by atoms with van der Waals surface area (Å²) in [6.45, 7) is 0.165.